The fourth-order valence-corrected chi connectivity index (χ4v) is 5.84. The first kappa shape index (κ1) is 14.7. The van der Waals surface area contributed by atoms with Gasteiger partial charge in [0.1, 0.15) is 17.3 Å². The van der Waals surface area contributed by atoms with Crippen LogP contribution < -0.4 is 5.32 Å². The van der Waals surface area contributed by atoms with Crippen molar-refractivity contribution < 1.29 is 8.81 Å². The number of benzene rings is 1. The summed E-state index contributed by atoms with van der Waals surface area (Å²) in [5.41, 5.74) is 1.29. The Balaban J connectivity index is 1.28. The number of nitrogens with one attached hydrogen (secondary N) is 1. The second-order valence-corrected chi connectivity index (χ2v) is 8.32. The molecule has 1 aromatic heterocycles. The molecule has 4 aliphatic rings. The van der Waals surface area contributed by atoms with E-state index in [0.29, 0.717) is 5.54 Å². The molecule has 0 amide bonds. The van der Waals surface area contributed by atoms with Crippen LogP contribution in [0.1, 0.15) is 44.3 Å². The van der Waals surface area contributed by atoms with Crippen LogP contribution in [-0.2, 0) is 6.54 Å². The quantitative estimate of drug-likeness (QED) is 0.841. The first-order chi connectivity index (χ1) is 11.7. The van der Waals surface area contributed by atoms with Crippen LogP contribution in [0, 0.1) is 23.6 Å². The standard InChI is InChI=1S/C21H24FNO/c22-18-3-1-17(2-4-18)20-6-5-19(24-20)13-23-21-10-14-7-15(11-21)9-16(8-14)12-21/h1-6,14-16,23H,7-13H2. The van der Waals surface area contributed by atoms with Gasteiger partial charge in [0.15, 0.2) is 0 Å². The molecule has 2 aromatic rings. The van der Waals surface area contributed by atoms with E-state index < -0.39 is 0 Å². The van der Waals surface area contributed by atoms with E-state index in [4.69, 9.17) is 4.42 Å². The lowest BCUT2D eigenvalue weighted by molar-refractivity contribution is -0.0213. The molecule has 0 spiro atoms. The first-order valence-corrected chi connectivity index (χ1v) is 9.27. The van der Waals surface area contributed by atoms with E-state index in [2.05, 4.69) is 5.32 Å². The van der Waals surface area contributed by atoms with Gasteiger partial charge in [-0.3, -0.25) is 0 Å². The van der Waals surface area contributed by atoms with Crippen LogP contribution >= 0.6 is 0 Å². The van der Waals surface area contributed by atoms with Crippen molar-refractivity contribution in [2.24, 2.45) is 17.8 Å². The van der Waals surface area contributed by atoms with Crippen LogP contribution in [-0.4, -0.2) is 5.54 Å². The van der Waals surface area contributed by atoms with E-state index in [1.165, 1.54) is 50.7 Å². The van der Waals surface area contributed by atoms with Crippen molar-refractivity contribution in [1.82, 2.24) is 5.32 Å². The maximum atomic E-state index is 13.0. The van der Waals surface area contributed by atoms with Gasteiger partial charge in [-0.1, -0.05) is 0 Å². The first-order valence-electron chi connectivity index (χ1n) is 9.27. The molecule has 4 fully saturated rings. The lowest BCUT2D eigenvalue weighted by Crippen LogP contribution is -2.58. The molecule has 24 heavy (non-hydrogen) atoms. The zero-order valence-corrected chi connectivity index (χ0v) is 13.9. The lowest BCUT2D eigenvalue weighted by atomic mass is 9.53. The Morgan fingerprint density at radius 2 is 1.54 bits per heavy atom. The fraction of sp³-hybridized carbons (Fsp3) is 0.524. The summed E-state index contributed by atoms with van der Waals surface area (Å²) >= 11 is 0. The number of rotatable bonds is 4. The number of hydrogen-bond acceptors (Lipinski definition) is 2. The minimum atomic E-state index is -0.214. The van der Waals surface area contributed by atoms with E-state index in [0.717, 1.165) is 41.4 Å². The minimum absolute atomic E-state index is 0.214. The molecule has 3 heteroatoms. The molecule has 0 radical (unpaired) electrons. The summed E-state index contributed by atoms with van der Waals surface area (Å²) in [5, 5.41) is 3.86. The van der Waals surface area contributed by atoms with Crippen LogP contribution in [0.4, 0.5) is 4.39 Å². The van der Waals surface area contributed by atoms with Crippen molar-refractivity contribution >= 4 is 0 Å². The van der Waals surface area contributed by atoms with Gasteiger partial charge in [0, 0.05) is 11.1 Å². The summed E-state index contributed by atoms with van der Waals surface area (Å²) in [6.07, 6.45) is 8.46. The van der Waals surface area contributed by atoms with Gasteiger partial charge in [0.25, 0.3) is 0 Å². The third kappa shape index (κ3) is 2.59. The van der Waals surface area contributed by atoms with Crippen molar-refractivity contribution in [3.63, 3.8) is 0 Å². The molecule has 2 nitrogen and oxygen atoms in total. The highest BCUT2D eigenvalue weighted by Crippen LogP contribution is 2.55. The molecule has 0 aliphatic heterocycles. The Bertz CT molecular complexity index is 697. The fourth-order valence-electron chi connectivity index (χ4n) is 5.84. The van der Waals surface area contributed by atoms with Crippen LogP contribution in [0.15, 0.2) is 40.8 Å². The Kier molecular flexibility index (Phi) is 3.34. The summed E-state index contributed by atoms with van der Waals surface area (Å²) in [6.45, 7) is 0.799. The highest BCUT2D eigenvalue weighted by Gasteiger charge is 2.50. The third-order valence-electron chi connectivity index (χ3n) is 6.47. The summed E-state index contributed by atoms with van der Waals surface area (Å²) in [6, 6.07) is 10.5. The van der Waals surface area contributed by atoms with E-state index in [1.54, 1.807) is 12.1 Å². The molecule has 4 aliphatic carbocycles. The SMILES string of the molecule is Fc1ccc(-c2ccc(CNC34CC5CC(CC(C5)C3)C4)o2)cc1. The topological polar surface area (TPSA) is 25.2 Å². The van der Waals surface area contributed by atoms with Gasteiger partial charge in [0.2, 0.25) is 0 Å². The molecule has 1 heterocycles. The molecule has 1 aromatic carbocycles. The minimum Gasteiger partial charge on any atom is -0.460 e. The molecule has 4 saturated carbocycles. The van der Waals surface area contributed by atoms with Crippen LogP contribution in [0.5, 0.6) is 0 Å². The normalized spacial score (nSPS) is 34.0. The molecule has 6 rings (SSSR count). The average Bonchev–Trinajstić information content (AvgIpc) is 3.01. The molecular weight excluding hydrogens is 301 g/mol. The van der Waals surface area contributed by atoms with Crippen molar-refractivity contribution in [3.05, 3.63) is 48.0 Å². The summed E-state index contributed by atoms with van der Waals surface area (Å²) in [5.74, 6) is 4.44. The molecule has 0 atom stereocenters. The number of furan rings is 1. The van der Waals surface area contributed by atoms with E-state index in [9.17, 15) is 4.39 Å². The van der Waals surface area contributed by atoms with E-state index in [-0.39, 0.29) is 5.82 Å². The summed E-state index contributed by atoms with van der Waals surface area (Å²) in [4.78, 5) is 0. The van der Waals surface area contributed by atoms with Crippen LogP contribution in [0.2, 0.25) is 0 Å². The van der Waals surface area contributed by atoms with Gasteiger partial charge in [-0.25, -0.2) is 4.39 Å². The van der Waals surface area contributed by atoms with Gasteiger partial charge in [0.05, 0.1) is 6.54 Å². The smallest absolute Gasteiger partial charge is 0.134 e. The molecule has 126 valence electrons. The van der Waals surface area contributed by atoms with Gasteiger partial charge in [-0.05, 0) is 92.7 Å². The monoisotopic (exact) mass is 325 g/mol. The second-order valence-electron chi connectivity index (χ2n) is 8.32. The van der Waals surface area contributed by atoms with E-state index >= 15 is 0 Å². The average molecular weight is 325 g/mol. The summed E-state index contributed by atoms with van der Waals surface area (Å²) in [7, 11) is 0. The Morgan fingerprint density at radius 1 is 0.917 bits per heavy atom. The van der Waals surface area contributed by atoms with Gasteiger partial charge < -0.3 is 9.73 Å². The largest absolute Gasteiger partial charge is 0.460 e. The zero-order chi connectivity index (χ0) is 16.1. The third-order valence-corrected chi connectivity index (χ3v) is 6.47. The second kappa shape index (κ2) is 5.45. The lowest BCUT2D eigenvalue weighted by Gasteiger charge is -2.57. The van der Waals surface area contributed by atoms with Gasteiger partial charge >= 0.3 is 0 Å². The van der Waals surface area contributed by atoms with Gasteiger partial charge in [-0.15, -0.1) is 0 Å². The summed E-state index contributed by atoms with van der Waals surface area (Å²) < 4.78 is 19.0. The Hall–Kier alpha value is -1.61. The predicted octanol–water partition coefficient (Wildman–Crippen LogP) is 5.14. The number of hydrogen-bond donors (Lipinski definition) is 1. The maximum absolute atomic E-state index is 13.0. The predicted molar refractivity (Wildman–Crippen MR) is 91.8 cm³/mol. The highest BCUT2D eigenvalue weighted by molar-refractivity contribution is 5.57. The molecule has 1 N–H and O–H groups in total. The molecular formula is C21H24FNO. The Morgan fingerprint density at radius 3 is 2.17 bits per heavy atom. The molecule has 0 saturated heterocycles. The molecule has 0 unspecified atom stereocenters. The van der Waals surface area contributed by atoms with Gasteiger partial charge in [-0.2, -0.15) is 0 Å². The van der Waals surface area contributed by atoms with Crippen LogP contribution in [0.25, 0.3) is 11.3 Å². The van der Waals surface area contributed by atoms with Crippen molar-refractivity contribution in [2.75, 3.05) is 0 Å². The number of halogens is 1. The Labute approximate surface area is 142 Å². The molecule has 4 bridgehead atoms. The van der Waals surface area contributed by atoms with Crippen LogP contribution in [0.3, 0.4) is 0 Å². The highest BCUT2D eigenvalue weighted by atomic mass is 19.1. The van der Waals surface area contributed by atoms with Crippen molar-refractivity contribution in [3.8, 4) is 11.3 Å². The van der Waals surface area contributed by atoms with Crippen molar-refractivity contribution in [2.45, 2.75) is 50.6 Å². The van der Waals surface area contributed by atoms with E-state index in [1.807, 2.05) is 12.1 Å². The maximum Gasteiger partial charge on any atom is 0.134 e. The zero-order valence-electron chi connectivity index (χ0n) is 13.9. The van der Waals surface area contributed by atoms with Crippen molar-refractivity contribution in [1.29, 1.82) is 0 Å².